The molecule has 0 aliphatic rings. The Morgan fingerprint density at radius 1 is 1.25 bits per heavy atom. The summed E-state index contributed by atoms with van der Waals surface area (Å²) < 4.78 is 0. The topological polar surface area (TPSA) is 12.4 Å². The first-order valence-corrected chi connectivity index (χ1v) is 5.94. The molecule has 0 aliphatic carbocycles. The highest BCUT2D eigenvalue weighted by Gasteiger charge is 2.07. The lowest BCUT2D eigenvalue weighted by molar-refractivity contribution is 1.03. The minimum Gasteiger partial charge on any atom is -0.261 e. The molecule has 0 aromatic heterocycles. The van der Waals surface area contributed by atoms with Gasteiger partial charge in [0.05, 0.1) is 5.69 Å². The maximum Gasteiger partial charge on any atom is 0.0703 e. The summed E-state index contributed by atoms with van der Waals surface area (Å²) in [7, 11) is 0. The summed E-state index contributed by atoms with van der Waals surface area (Å²) in [6.45, 7) is 12.4. The number of allylic oxidation sites excluding steroid dienone is 1. The molecule has 1 heteroatoms. The average Bonchev–Trinajstić information content (AvgIpc) is 2.28. The van der Waals surface area contributed by atoms with Crippen molar-refractivity contribution in [2.24, 2.45) is 4.99 Å². The van der Waals surface area contributed by atoms with E-state index >= 15 is 0 Å². The highest BCUT2D eigenvalue weighted by Crippen LogP contribution is 2.29. The van der Waals surface area contributed by atoms with E-state index < -0.39 is 0 Å². The van der Waals surface area contributed by atoms with Crippen LogP contribution < -0.4 is 0 Å². The number of rotatable bonds is 4. The molecule has 0 heterocycles. The van der Waals surface area contributed by atoms with E-state index in [1.54, 1.807) is 0 Å². The van der Waals surface area contributed by atoms with Crippen molar-refractivity contribution in [1.82, 2.24) is 0 Å². The van der Waals surface area contributed by atoms with Gasteiger partial charge < -0.3 is 0 Å². The zero-order valence-corrected chi connectivity index (χ0v) is 10.8. The first-order valence-electron chi connectivity index (χ1n) is 5.94. The van der Waals surface area contributed by atoms with Gasteiger partial charge in [-0.1, -0.05) is 20.4 Å². The van der Waals surface area contributed by atoms with E-state index in [9.17, 15) is 0 Å². The van der Waals surface area contributed by atoms with Crippen molar-refractivity contribution in [2.75, 3.05) is 0 Å². The Bertz CT molecular complexity index is 414. The number of nitrogens with zero attached hydrogens (tertiary/aromatic N) is 1. The molecule has 0 amide bonds. The Balaban J connectivity index is 3.41. The molecule has 0 saturated carbocycles. The predicted molar refractivity (Wildman–Crippen MR) is 73.7 cm³/mol. The van der Waals surface area contributed by atoms with E-state index in [4.69, 9.17) is 0 Å². The van der Waals surface area contributed by atoms with Gasteiger partial charge in [-0.05, 0) is 55.5 Å². The Labute approximate surface area is 98.9 Å². The van der Waals surface area contributed by atoms with Gasteiger partial charge in [0.15, 0.2) is 0 Å². The maximum atomic E-state index is 4.43. The molecule has 1 aromatic rings. The summed E-state index contributed by atoms with van der Waals surface area (Å²) in [5, 5.41) is 0. The normalized spacial score (nSPS) is 11.0. The Hall–Kier alpha value is -1.37. The van der Waals surface area contributed by atoms with Crippen molar-refractivity contribution >= 4 is 17.5 Å². The molecule has 1 nitrogen and oxygen atoms in total. The molecule has 0 radical (unpaired) electrons. The molecule has 0 aliphatic heterocycles. The van der Waals surface area contributed by atoms with Gasteiger partial charge in [-0.15, -0.1) is 0 Å². The van der Waals surface area contributed by atoms with Gasteiger partial charge >= 0.3 is 0 Å². The van der Waals surface area contributed by atoms with Crippen molar-refractivity contribution in [3.63, 3.8) is 0 Å². The third-order valence-corrected chi connectivity index (χ3v) is 2.81. The first kappa shape index (κ1) is 12.7. The first-order chi connectivity index (χ1) is 7.63. The van der Waals surface area contributed by atoms with Crippen molar-refractivity contribution in [2.45, 2.75) is 40.5 Å². The lowest BCUT2D eigenvalue weighted by Crippen LogP contribution is -1.94. The van der Waals surface area contributed by atoms with Gasteiger partial charge in [0, 0.05) is 11.8 Å². The fourth-order valence-corrected chi connectivity index (χ4v) is 1.92. The minimum absolute atomic E-state index is 1.05. The molecule has 0 N–H and O–H groups in total. The summed E-state index contributed by atoms with van der Waals surface area (Å²) in [6.07, 6.45) is 3.97. The summed E-state index contributed by atoms with van der Waals surface area (Å²) in [6, 6.07) is 4.44. The second-order valence-corrected chi connectivity index (χ2v) is 4.01. The maximum absolute atomic E-state index is 4.43. The van der Waals surface area contributed by atoms with Crippen LogP contribution in [0, 0.1) is 0 Å². The van der Waals surface area contributed by atoms with Crippen LogP contribution in [-0.2, 0) is 12.8 Å². The molecule has 0 spiro atoms. The van der Waals surface area contributed by atoms with Crippen molar-refractivity contribution < 1.29 is 0 Å². The van der Waals surface area contributed by atoms with Crippen LogP contribution in [0.15, 0.2) is 23.7 Å². The predicted octanol–water partition coefficient (Wildman–Crippen LogP) is 4.57. The van der Waals surface area contributed by atoms with Crippen LogP contribution in [0.3, 0.4) is 0 Å². The van der Waals surface area contributed by atoms with Crippen LogP contribution in [0.5, 0.6) is 0 Å². The summed E-state index contributed by atoms with van der Waals surface area (Å²) in [4.78, 5) is 4.43. The smallest absolute Gasteiger partial charge is 0.0703 e. The standard InChI is InChI=1S/C15H21N/c1-6-12-9-14(11(4)5)15(16-8-3)10-13(12)7-2/h8-10H,4,6-7H2,1-3,5H3/b16-8-. The van der Waals surface area contributed by atoms with E-state index in [-0.39, 0.29) is 0 Å². The van der Waals surface area contributed by atoms with Crippen LogP contribution in [0.25, 0.3) is 5.57 Å². The fourth-order valence-electron chi connectivity index (χ4n) is 1.92. The molecular weight excluding hydrogens is 194 g/mol. The highest BCUT2D eigenvalue weighted by molar-refractivity contribution is 5.76. The third-order valence-electron chi connectivity index (χ3n) is 2.81. The highest BCUT2D eigenvalue weighted by atomic mass is 14.7. The Morgan fingerprint density at radius 2 is 1.81 bits per heavy atom. The van der Waals surface area contributed by atoms with Crippen molar-refractivity contribution in [1.29, 1.82) is 0 Å². The summed E-state index contributed by atoms with van der Waals surface area (Å²) in [5.41, 5.74) is 6.11. The third kappa shape index (κ3) is 2.60. The van der Waals surface area contributed by atoms with Gasteiger partial charge in [0.2, 0.25) is 0 Å². The lowest BCUT2D eigenvalue weighted by Gasteiger charge is -2.12. The van der Waals surface area contributed by atoms with Crippen LogP contribution >= 0.6 is 0 Å². The van der Waals surface area contributed by atoms with Crippen LogP contribution in [0.4, 0.5) is 5.69 Å². The van der Waals surface area contributed by atoms with Crippen molar-refractivity contribution in [3.8, 4) is 0 Å². The molecule has 0 atom stereocenters. The van der Waals surface area contributed by atoms with E-state index in [1.807, 2.05) is 20.1 Å². The van der Waals surface area contributed by atoms with Crippen LogP contribution in [0.2, 0.25) is 0 Å². The number of benzene rings is 1. The number of aliphatic imine (C=N–C) groups is 1. The fraction of sp³-hybridized carbons (Fsp3) is 0.400. The zero-order chi connectivity index (χ0) is 12.1. The quantitative estimate of drug-likeness (QED) is 0.652. The number of hydrogen-bond acceptors (Lipinski definition) is 1. The second kappa shape index (κ2) is 5.64. The van der Waals surface area contributed by atoms with Gasteiger partial charge in [-0.2, -0.15) is 0 Å². The van der Waals surface area contributed by atoms with E-state index in [2.05, 4.69) is 37.6 Å². The molecule has 1 rings (SSSR count). The van der Waals surface area contributed by atoms with E-state index in [1.165, 1.54) is 16.7 Å². The molecule has 0 bridgehead atoms. The van der Waals surface area contributed by atoms with E-state index in [0.29, 0.717) is 0 Å². The molecule has 16 heavy (non-hydrogen) atoms. The SMILES string of the molecule is C=C(C)c1cc(CC)c(CC)cc1/N=C\C. The lowest BCUT2D eigenvalue weighted by atomic mass is 9.96. The summed E-state index contributed by atoms with van der Waals surface area (Å²) in [5.74, 6) is 0. The van der Waals surface area contributed by atoms with Gasteiger partial charge in [0.25, 0.3) is 0 Å². The van der Waals surface area contributed by atoms with Crippen LogP contribution in [0.1, 0.15) is 44.4 Å². The van der Waals surface area contributed by atoms with Gasteiger partial charge in [-0.25, -0.2) is 0 Å². The Kier molecular flexibility index (Phi) is 4.48. The van der Waals surface area contributed by atoms with Crippen molar-refractivity contribution in [3.05, 3.63) is 35.4 Å². The van der Waals surface area contributed by atoms with Gasteiger partial charge in [-0.3, -0.25) is 4.99 Å². The zero-order valence-electron chi connectivity index (χ0n) is 10.8. The molecule has 86 valence electrons. The molecule has 0 saturated heterocycles. The Morgan fingerprint density at radius 3 is 2.25 bits per heavy atom. The van der Waals surface area contributed by atoms with Crippen LogP contribution in [-0.4, -0.2) is 6.21 Å². The molecule has 1 aromatic carbocycles. The van der Waals surface area contributed by atoms with E-state index in [0.717, 1.165) is 24.1 Å². The monoisotopic (exact) mass is 215 g/mol. The second-order valence-electron chi connectivity index (χ2n) is 4.01. The number of aryl methyl sites for hydroxylation is 2. The molecule has 0 unspecified atom stereocenters. The largest absolute Gasteiger partial charge is 0.261 e. The summed E-state index contributed by atoms with van der Waals surface area (Å²) >= 11 is 0. The van der Waals surface area contributed by atoms with Gasteiger partial charge in [0.1, 0.15) is 0 Å². The number of hydrogen-bond donors (Lipinski definition) is 0. The molecular formula is C15H21N. The molecule has 0 fully saturated rings. The minimum atomic E-state index is 1.05. The average molecular weight is 215 g/mol.